The number of ether oxygens (including phenoxy) is 2. The van der Waals surface area contributed by atoms with Crippen LogP contribution in [0.1, 0.15) is 0 Å². The Kier molecular flexibility index (Phi) is 4.99. The first-order valence-corrected chi connectivity index (χ1v) is 7.53. The minimum absolute atomic E-state index is 0.0110. The minimum atomic E-state index is -0.444. The number of anilines is 1. The number of nitrogens with zero attached hydrogens (tertiary/aromatic N) is 3. The van der Waals surface area contributed by atoms with E-state index in [1.165, 1.54) is 31.6 Å². The van der Waals surface area contributed by atoms with Crippen LogP contribution in [0.4, 0.5) is 11.5 Å². The number of nitro groups is 1. The van der Waals surface area contributed by atoms with Gasteiger partial charge >= 0.3 is 0 Å². The molecule has 3 rings (SSSR count). The van der Waals surface area contributed by atoms with Crippen molar-refractivity contribution in [3.8, 4) is 11.6 Å². The fraction of sp³-hybridized carbons (Fsp3) is 0.118. The lowest BCUT2D eigenvalue weighted by Crippen LogP contribution is -2.17. The number of methoxy groups -OCH3 is 1. The number of fused-ring (bicyclic) bond motifs is 1. The maximum Gasteiger partial charge on any atom is 0.277 e. The number of hydrogen-bond acceptors (Lipinski definition) is 7. The van der Waals surface area contributed by atoms with Crippen molar-refractivity contribution in [1.29, 1.82) is 0 Å². The highest BCUT2D eigenvalue weighted by atomic mass is 16.6. The van der Waals surface area contributed by atoms with Crippen LogP contribution in [-0.2, 0) is 9.53 Å². The maximum absolute atomic E-state index is 11.6. The van der Waals surface area contributed by atoms with Gasteiger partial charge < -0.3 is 14.8 Å². The summed E-state index contributed by atoms with van der Waals surface area (Å²) in [7, 11) is 1.41. The van der Waals surface area contributed by atoms with E-state index in [4.69, 9.17) is 9.47 Å². The summed E-state index contributed by atoms with van der Waals surface area (Å²) >= 11 is 0. The van der Waals surface area contributed by atoms with Gasteiger partial charge in [-0.25, -0.2) is 9.97 Å². The third kappa shape index (κ3) is 3.73. The molecule has 1 heterocycles. The third-order valence-corrected chi connectivity index (χ3v) is 3.46. The van der Waals surface area contributed by atoms with Gasteiger partial charge in [0, 0.05) is 24.6 Å². The molecule has 0 unspecified atom stereocenters. The van der Waals surface area contributed by atoms with E-state index in [2.05, 4.69) is 15.3 Å². The second-order valence-corrected chi connectivity index (χ2v) is 5.21. The van der Waals surface area contributed by atoms with Gasteiger partial charge in [0.05, 0.1) is 10.3 Å². The Labute approximate surface area is 147 Å². The molecule has 0 spiro atoms. The maximum atomic E-state index is 11.6. The van der Waals surface area contributed by atoms with Gasteiger partial charge in [-0.3, -0.25) is 14.9 Å². The summed E-state index contributed by atoms with van der Waals surface area (Å²) < 4.78 is 10.5. The van der Waals surface area contributed by atoms with Gasteiger partial charge in [0.2, 0.25) is 5.88 Å². The fourth-order valence-electron chi connectivity index (χ4n) is 2.39. The Morgan fingerprint density at radius 2 is 1.96 bits per heavy atom. The molecule has 0 atom stereocenters. The van der Waals surface area contributed by atoms with E-state index < -0.39 is 4.92 Å². The molecule has 0 saturated heterocycles. The van der Waals surface area contributed by atoms with Crippen LogP contribution in [0, 0.1) is 10.1 Å². The van der Waals surface area contributed by atoms with E-state index in [0.717, 1.165) is 0 Å². The van der Waals surface area contributed by atoms with E-state index >= 15 is 0 Å². The highest BCUT2D eigenvalue weighted by Crippen LogP contribution is 2.34. The SMILES string of the molecule is COCC(=O)Nc1cc(Oc2ccc([N+](=O)[O-])c3ccccc23)ncn1. The highest BCUT2D eigenvalue weighted by molar-refractivity contribution is 5.95. The van der Waals surface area contributed by atoms with Crippen molar-refractivity contribution in [2.24, 2.45) is 0 Å². The van der Waals surface area contributed by atoms with Gasteiger partial charge in [-0.05, 0) is 12.1 Å². The van der Waals surface area contributed by atoms with Gasteiger partial charge in [0.1, 0.15) is 24.5 Å². The third-order valence-electron chi connectivity index (χ3n) is 3.46. The molecule has 1 aromatic heterocycles. The first-order valence-electron chi connectivity index (χ1n) is 7.53. The predicted molar refractivity (Wildman–Crippen MR) is 93.2 cm³/mol. The predicted octanol–water partition coefficient (Wildman–Crippen LogP) is 2.92. The summed E-state index contributed by atoms with van der Waals surface area (Å²) in [4.78, 5) is 30.2. The van der Waals surface area contributed by atoms with Crippen LogP contribution in [0.2, 0.25) is 0 Å². The molecule has 0 radical (unpaired) electrons. The van der Waals surface area contributed by atoms with E-state index in [0.29, 0.717) is 16.5 Å². The fourth-order valence-corrected chi connectivity index (χ4v) is 2.39. The zero-order valence-electron chi connectivity index (χ0n) is 13.7. The zero-order chi connectivity index (χ0) is 18.5. The van der Waals surface area contributed by atoms with E-state index in [1.54, 1.807) is 24.3 Å². The van der Waals surface area contributed by atoms with Crippen molar-refractivity contribution in [3.05, 3.63) is 58.9 Å². The van der Waals surface area contributed by atoms with Crippen LogP contribution in [-0.4, -0.2) is 34.5 Å². The van der Waals surface area contributed by atoms with Crippen molar-refractivity contribution >= 4 is 28.2 Å². The van der Waals surface area contributed by atoms with Crippen molar-refractivity contribution < 1.29 is 19.2 Å². The highest BCUT2D eigenvalue weighted by Gasteiger charge is 2.15. The topological polar surface area (TPSA) is 116 Å². The Morgan fingerprint density at radius 1 is 1.19 bits per heavy atom. The van der Waals surface area contributed by atoms with Gasteiger partial charge in [-0.1, -0.05) is 18.2 Å². The summed E-state index contributed by atoms with van der Waals surface area (Å²) in [6.07, 6.45) is 1.24. The molecule has 0 saturated carbocycles. The Hall–Kier alpha value is -3.59. The Morgan fingerprint density at radius 3 is 2.69 bits per heavy atom. The van der Waals surface area contributed by atoms with Crippen molar-refractivity contribution in [2.45, 2.75) is 0 Å². The molecular weight excluding hydrogens is 340 g/mol. The summed E-state index contributed by atoms with van der Waals surface area (Å²) in [5.41, 5.74) is -0.0110. The molecule has 3 aromatic rings. The number of non-ortho nitro benzene ring substituents is 1. The van der Waals surface area contributed by atoms with E-state index in [-0.39, 0.29) is 29.9 Å². The summed E-state index contributed by atoms with van der Waals surface area (Å²) in [5.74, 6) is 0.479. The molecule has 26 heavy (non-hydrogen) atoms. The van der Waals surface area contributed by atoms with Gasteiger partial charge in [0.15, 0.2) is 0 Å². The molecular formula is C17H14N4O5. The quantitative estimate of drug-likeness (QED) is 0.534. The number of amides is 1. The van der Waals surface area contributed by atoms with E-state index in [1.807, 2.05) is 0 Å². The van der Waals surface area contributed by atoms with Gasteiger partial charge in [-0.2, -0.15) is 0 Å². The van der Waals surface area contributed by atoms with Crippen LogP contribution in [0.3, 0.4) is 0 Å². The van der Waals surface area contributed by atoms with Crippen LogP contribution in [0.5, 0.6) is 11.6 Å². The Balaban J connectivity index is 1.91. The average Bonchev–Trinajstić information content (AvgIpc) is 2.62. The number of rotatable bonds is 6. The average molecular weight is 354 g/mol. The molecule has 1 amide bonds. The number of nitrogens with one attached hydrogen (secondary N) is 1. The standard InChI is InChI=1S/C17H14N4O5/c1-25-9-16(22)20-15-8-17(19-10-18-15)26-14-7-6-13(21(23)24)11-4-2-3-5-12(11)14/h2-8,10H,9H2,1H3,(H,18,19,20,22). The number of aromatic nitrogens is 2. The normalized spacial score (nSPS) is 10.5. The van der Waals surface area contributed by atoms with Crippen LogP contribution >= 0.6 is 0 Å². The van der Waals surface area contributed by atoms with Crippen molar-refractivity contribution in [1.82, 2.24) is 9.97 Å². The smallest absolute Gasteiger partial charge is 0.277 e. The van der Waals surface area contributed by atoms with Gasteiger partial charge in [-0.15, -0.1) is 0 Å². The molecule has 9 nitrogen and oxygen atoms in total. The van der Waals surface area contributed by atoms with Crippen LogP contribution in [0.25, 0.3) is 10.8 Å². The molecule has 1 N–H and O–H groups in total. The first-order chi connectivity index (χ1) is 12.6. The molecule has 0 aliphatic heterocycles. The van der Waals surface area contributed by atoms with Crippen molar-refractivity contribution in [2.75, 3.05) is 19.0 Å². The largest absolute Gasteiger partial charge is 0.438 e. The molecule has 0 bridgehead atoms. The monoisotopic (exact) mass is 354 g/mol. The zero-order valence-corrected chi connectivity index (χ0v) is 13.7. The number of carbonyl (C=O) groups excluding carboxylic acids is 1. The Bertz CT molecular complexity index is 976. The van der Waals surface area contributed by atoms with Gasteiger partial charge in [0.25, 0.3) is 11.6 Å². The lowest BCUT2D eigenvalue weighted by Gasteiger charge is -2.09. The lowest BCUT2D eigenvalue weighted by atomic mass is 10.1. The molecule has 2 aromatic carbocycles. The number of hydrogen-bond donors (Lipinski definition) is 1. The molecule has 9 heteroatoms. The minimum Gasteiger partial charge on any atom is -0.438 e. The summed E-state index contributed by atoms with van der Waals surface area (Å²) in [6.45, 7) is -0.104. The van der Waals surface area contributed by atoms with Crippen LogP contribution < -0.4 is 10.1 Å². The number of carbonyl (C=O) groups is 1. The number of nitro benzene ring substituents is 1. The van der Waals surface area contributed by atoms with E-state index in [9.17, 15) is 14.9 Å². The van der Waals surface area contributed by atoms with Crippen molar-refractivity contribution in [3.63, 3.8) is 0 Å². The summed E-state index contributed by atoms with van der Waals surface area (Å²) in [5, 5.41) is 14.8. The molecule has 132 valence electrons. The number of benzene rings is 2. The molecule has 0 fully saturated rings. The van der Waals surface area contributed by atoms with Crippen LogP contribution in [0.15, 0.2) is 48.8 Å². The second-order valence-electron chi connectivity index (χ2n) is 5.21. The second kappa shape index (κ2) is 7.53. The molecule has 0 aliphatic rings. The molecule has 0 aliphatic carbocycles. The first kappa shape index (κ1) is 17.2. The summed E-state index contributed by atoms with van der Waals surface area (Å²) in [6, 6.07) is 11.2. The lowest BCUT2D eigenvalue weighted by molar-refractivity contribution is -0.383.